The molecule has 3 heteroatoms. The van der Waals surface area contributed by atoms with Crippen LogP contribution in [-0.2, 0) is 16.0 Å². The van der Waals surface area contributed by atoms with Crippen molar-refractivity contribution in [3.05, 3.63) is 77.9 Å². The highest BCUT2D eigenvalue weighted by molar-refractivity contribution is 5.73. The SMILES string of the molecule is CC(=O)N[C@@H]1C[C@H](Cc2ccccc2)O[C@H](/C=C/c2ccccc2)C1. The minimum Gasteiger partial charge on any atom is -0.370 e. The summed E-state index contributed by atoms with van der Waals surface area (Å²) in [5.41, 5.74) is 2.43. The number of ether oxygens (including phenoxy) is 1. The van der Waals surface area contributed by atoms with E-state index in [2.05, 4.69) is 53.9 Å². The molecule has 0 bridgehead atoms. The standard InChI is InChI=1S/C22H25NO2/c1-17(24)23-20-15-21(13-12-18-8-4-2-5-9-18)25-22(16-20)14-19-10-6-3-7-11-19/h2-13,20-22H,14-16H2,1H3,(H,23,24)/b13-12+/t20-,21+,22-/m0/s1. The summed E-state index contributed by atoms with van der Waals surface area (Å²) in [5, 5.41) is 3.07. The fraction of sp³-hybridized carbons (Fsp3) is 0.318. The predicted molar refractivity (Wildman–Crippen MR) is 101 cm³/mol. The van der Waals surface area contributed by atoms with Gasteiger partial charge >= 0.3 is 0 Å². The van der Waals surface area contributed by atoms with Gasteiger partial charge < -0.3 is 10.1 Å². The second-order valence-electron chi connectivity index (χ2n) is 6.62. The molecule has 3 atom stereocenters. The average molecular weight is 335 g/mol. The van der Waals surface area contributed by atoms with Gasteiger partial charge in [-0.05, 0) is 30.4 Å². The van der Waals surface area contributed by atoms with Crippen molar-refractivity contribution < 1.29 is 9.53 Å². The van der Waals surface area contributed by atoms with Gasteiger partial charge in [0.15, 0.2) is 0 Å². The minimum absolute atomic E-state index is 0.0134. The Kier molecular flexibility index (Phi) is 6.02. The second kappa shape index (κ2) is 8.63. The lowest BCUT2D eigenvalue weighted by Gasteiger charge is -2.34. The maximum absolute atomic E-state index is 11.5. The van der Waals surface area contributed by atoms with Crippen LogP contribution in [0, 0.1) is 0 Å². The van der Waals surface area contributed by atoms with E-state index >= 15 is 0 Å². The molecule has 0 spiro atoms. The molecule has 0 aromatic heterocycles. The van der Waals surface area contributed by atoms with E-state index in [4.69, 9.17) is 4.74 Å². The Labute approximate surface area is 149 Å². The lowest BCUT2D eigenvalue weighted by atomic mass is 9.94. The largest absolute Gasteiger partial charge is 0.370 e. The number of hydrogen-bond acceptors (Lipinski definition) is 2. The van der Waals surface area contributed by atoms with E-state index in [1.807, 2.05) is 24.3 Å². The molecule has 1 fully saturated rings. The third-order valence-electron chi connectivity index (χ3n) is 4.45. The van der Waals surface area contributed by atoms with Crippen LogP contribution in [0.15, 0.2) is 66.7 Å². The normalized spacial score (nSPS) is 23.5. The van der Waals surface area contributed by atoms with Gasteiger partial charge in [-0.25, -0.2) is 0 Å². The molecular formula is C22H25NO2. The van der Waals surface area contributed by atoms with Crippen molar-refractivity contribution in [3.63, 3.8) is 0 Å². The predicted octanol–water partition coefficient (Wildman–Crippen LogP) is 3.99. The van der Waals surface area contributed by atoms with Gasteiger partial charge in [-0.15, -0.1) is 0 Å². The first kappa shape index (κ1) is 17.4. The highest BCUT2D eigenvalue weighted by Crippen LogP contribution is 2.24. The third-order valence-corrected chi connectivity index (χ3v) is 4.45. The maximum Gasteiger partial charge on any atom is 0.217 e. The molecule has 25 heavy (non-hydrogen) atoms. The molecule has 3 nitrogen and oxygen atoms in total. The molecule has 1 heterocycles. The molecule has 2 aromatic rings. The van der Waals surface area contributed by atoms with Crippen LogP contribution in [-0.4, -0.2) is 24.2 Å². The Morgan fingerprint density at radius 1 is 1.08 bits per heavy atom. The number of amides is 1. The summed E-state index contributed by atoms with van der Waals surface area (Å²) in [4.78, 5) is 11.5. The fourth-order valence-corrected chi connectivity index (χ4v) is 3.37. The lowest BCUT2D eigenvalue weighted by Crippen LogP contribution is -2.44. The number of rotatable bonds is 5. The fourth-order valence-electron chi connectivity index (χ4n) is 3.37. The summed E-state index contributed by atoms with van der Waals surface area (Å²) in [6, 6.07) is 20.8. The van der Waals surface area contributed by atoms with E-state index in [1.54, 1.807) is 6.92 Å². The van der Waals surface area contributed by atoms with Gasteiger partial charge in [-0.2, -0.15) is 0 Å². The third kappa shape index (κ3) is 5.57. The smallest absolute Gasteiger partial charge is 0.217 e. The molecule has 130 valence electrons. The molecule has 0 saturated carbocycles. The number of benzene rings is 2. The van der Waals surface area contributed by atoms with Crippen LogP contribution in [0.4, 0.5) is 0 Å². The number of carbonyl (C=O) groups excluding carboxylic acids is 1. The van der Waals surface area contributed by atoms with E-state index in [-0.39, 0.29) is 24.2 Å². The van der Waals surface area contributed by atoms with Crippen LogP contribution in [0.2, 0.25) is 0 Å². The van der Waals surface area contributed by atoms with Crippen LogP contribution in [0.5, 0.6) is 0 Å². The second-order valence-corrected chi connectivity index (χ2v) is 6.62. The van der Waals surface area contributed by atoms with Crippen molar-refractivity contribution in [2.75, 3.05) is 0 Å². The topological polar surface area (TPSA) is 38.3 Å². The molecule has 1 N–H and O–H groups in total. The summed E-state index contributed by atoms with van der Waals surface area (Å²) in [6.45, 7) is 1.58. The summed E-state index contributed by atoms with van der Waals surface area (Å²) < 4.78 is 6.29. The monoisotopic (exact) mass is 335 g/mol. The van der Waals surface area contributed by atoms with E-state index in [1.165, 1.54) is 5.56 Å². The van der Waals surface area contributed by atoms with Crippen molar-refractivity contribution >= 4 is 12.0 Å². The highest BCUT2D eigenvalue weighted by atomic mass is 16.5. The van der Waals surface area contributed by atoms with Gasteiger partial charge in [0.25, 0.3) is 0 Å². The van der Waals surface area contributed by atoms with E-state index in [0.29, 0.717) is 0 Å². The Balaban J connectivity index is 1.68. The summed E-state index contributed by atoms with van der Waals surface area (Å²) >= 11 is 0. The van der Waals surface area contributed by atoms with E-state index in [9.17, 15) is 4.79 Å². The van der Waals surface area contributed by atoms with Crippen molar-refractivity contribution in [2.24, 2.45) is 0 Å². The molecule has 0 unspecified atom stereocenters. The molecule has 0 aliphatic carbocycles. The lowest BCUT2D eigenvalue weighted by molar-refractivity contribution is -0.121. The highest BCUT2D eigenvalue weighted by Gasteiger charge is 2.28. The first-order valence-electron chi connectivity index (χ1n) is 8.89. The van der Waals surface area contributed by atoms with Crippen molar-refractivity contribution in [1.29, 1.82) is 0 Å². The van der Waals surface area contributed by atoms with Gasteiger partial charge in [0, 0.05) is 13.0 Å². The minimum atomic E-state index is 0.0134. The molecular weight excluding hydrogens is 310 g/mol. The van der Waals surface area contributed by atoms with Gasteiger partial charge in [-0.3, -0.25) is 4.79 Å². The van der Waals surface area contributed by atoms with Gasteiger partial charge in [-0.1, -0.05) is 72.8 Å². The van der Waals surface area contributed by atoms with Crippen LogP contribution in [0.1, 0.15) is 30.9 Å². The zero-order chi connectivity index (χ0) is 17.5. The van der Waals surface area contributed by atoms with Crippen LogP contribution >= 0.6 is 0 Å². The number of nitrogens with one attached hydrogen (secondary N) is 1. The molecule has 1 aliphatic rings. The van der Waals surface area contributed by atoms with Crippen LogP contribution < -0.4 is 5.32 Å². The Bertz CT molecular complexity index is 696. The van der Waals surface area contributed by atoms with Crippen molar-refractivity contribution in [2.45, 2.75) is 44.4 Å². The van der Waals surface area contributed by atoms with Crippen LogP contribution in [0.3, 0.4) is 0 Å². The Morgan fingerprint density at radius 3 is 2.44 bits per heavy atom. The molecule has 1 saturated heterocycles. The molecule has 0 radical (unpaired) electrons. The zero-order valence-electron chi connectivity index (χ0n) is 14.6. The Morgan fingerprint density at radius 2 is 1.76 bits per heavy atom. The average Bonchev–Trinajstić information content (AvgIpc) is 2.61. The number of hydrogen-bond donors (Lipinski definition) is 1. The van der Waals surface area contributed by atoms with Crippen molar-refractivity contribution in [1.82, 2.24) is 5.32 Å². The first-order valence-corrected chi connectivity index (χ1v) is 8.89. The maximum atomic E-state index is 11.5. The van der Waals surface area contributed by atoms with Gasteiger partial charge in [0.1, 0.15) is 0 Å². The Hall–Kier alpha value is -2.39. The van der Waals surface area contributed by atoms with Gasteiger partial charge in [0.2, 0.25) is 5.91 Å². The molecule has 1 amide bonds. The van der Waals surface area contributed by atoms with Gasteiger partial charge in [0.05, 0.1) is 12.2 Å². The van der Waals surface area contributed by atoms with Crippen LogP contribution in [0.25, 0.3) is 6.08 Å². The quantitative estimate of drug-likeness (QED) is 0.897. The van der Waals surface area contributed by atoms with E-state index < -0.39 is 0 Å². The summed E-state index contributed by atoms with van der Waals surface area (Å²) in [7, 11) is 0. The molecule has 2 aromatic carbocycles. The van der Waals surface area contributed by atoms with E-state index in [0.717, 1.165) is 24.8 Å². The van der Waals surface area contributed by atoms with Crippen molar-refractivity contribution in [3.8, 4) is 0 Å². The summed E-state index contributed by atoms with van der Waals surface area (Å²) in [5.74, 6) is 0.0242. The first-order chi connectivity index (χ1) is 12.2. The number of carbonyl (C=O) groups is 1. The summed E-state index contributed by atoms with van der Waals surface area (Å²) in [6.07, 6.45) is 6.87. The molecule has 1 aliphatic heterocycles. The molecule has 3 rings (SSSR count). The zero-order valence-corrected chi connectivity index (χ0v) is 14.6.